The Morgan fingerprint density at radius 2 is 1.57 bits per heavy atom. The highest BCUT2D eigenvalue weighted by molar-refractivity contribution is 5.95. The van der Waals surface area contributed by atoms with Crippen LogP contribution in [0, 0.1) is 23.7 Å². The summed E-state index contributed by atoms with van der Waals surface area (Å²) in [4.78, 5) is 38.6. The third kappa shape index (κ3) is 4.34. The molecule has 2 N–H and O–H groups in total. The molecule has 5 rings (SSSR count). The maximum Gasteiger partial charge on any atom is 0.321 e. The smallest absolute Gasteiger partial charge is 0.321 e. The van der Waals surface area contributed by atoms with Gasteiger partial charge in [-0.1, -0.05) is 0 Å². The Balaban J connectivity index is 1.20. The number of hydrogen-bond donors (Lipinski definition) is 2. The molecule has 0 aromatic carbocycles. The largest absolute Gasteiger partial charge is 0.466 e. The molecule has 1 saturated heterocycles. The zero-order valence-corrected chi connectivity index (χ0v) is 16.9. The van der Waals surface area contributed by atoms with Crippen molar-refractivity contribution in [1.29, 1.82) is 0 Å². The number of carbonyl (C=O) groups excluding carboxylic acids is 3. The fourth-order valence-electron chi connectivity index (χ4n) is 6.49. The zero-order chi connectivity index (χ0) is 19.7. The van der Waals surface area contributed by atoms with Gasteiger partial charge in [0, 0.05) is 5.54 Å². The minimum atomic E-state index is -0.339. The summed E-state index contributed by atoms with van der Waals surface area (Å²) in [5, 5.41) is 5.71. The second-order valence-electron chi connectivity index (χ2n) is 9.50. The average Bonchev–Trinajstić information content (AvgIpc) is 2.60. The predicted molar refractivity (Wildman–Crippen MR) is 103 cm³/mol. The van der Waals surface area contributed by atoms with E-state index >= 15 is 0 Å². The first-order valence-corrected chi connectivity index (χ1v) is 11.0. The van der Waals surface area contributed by atoms with Crippen molar-refractivity contribution in [2.75, 3.05) is 26.2 Å². The molecule has 0 aromatic heterocycles. The van der Waals surface area contributed by atoms with Crippen LogP contribution in [0.25, 0.3) is 0 Å². The van der Waals surface area contributed by atoms with Gasteiger partial charge in [0.15, 0.2) is 0 Å². The number of likely N-dealkylation sites (tertiary alicyclic amines) is 1. The van der Waals surface area contributed by atoms with E-state index in [1.54, 1.807) is 0 Å². The molecule has 0 spiro atoms. The standard InChI is InChI=1S/C21H33N3O4/c1-2-28-19(26)17-3-5-24(6-4-17)13-18(25)22-20(27)23-21-10-14-7-15(11-21)9-16(8-14)12-21/h14-17H,2-13H2,1H3,(H2,22,23,25,27). The van der Waals surface area contributed by atoms with E-state index in [-0.39, 0.29) is 35.9 Å². The van der Waals surface area contributed by atoms with Crippen LogP contribution in [0.4, 0.5) is 4.79 Å². The van der Waals surface area contributed by atoms with Crippen LogP contribution in [0.5, 0.6) is 0 Å². The van der Waals surface area contributed by atoms with Gasteiger partial charge in [-0.2, -0.15) is 0 Å². The fraction of sp³-hybridized carbons (Fsp3) is 0.857. The SMILES string of the molecule is CCOC(=O)C1CCN(CC(=O)NC(=O)NC23CC4CC(CC(C4)C2)C3)CC1. The summed E-state index contributed by atoms with van der Waals surface area (Å²) >= 11 is 0. The van der Waals surface area contributed by atoms with Crippen molar-refractivity contribution < 1.29 is 19.1 Å². The van der Waals surface area contributed by atoms with Gasteiger partial charge in [0.25, 0.3) is 0 Å². The zero-order valence-electron chi connectivity index (χ0n) is 16.9. The van der Waals surface area contributed by atoms with Gasteiger partial charge < -0.3 is 10.1 Å². The van der Waals surface area contributed by atoms with Gasteiger partial charge in [-0.25, -0.2) is 4.79 Å². The second-order valence-corrected chi connectivity index (χ2v) is 9.50. The first-order valence-electron chi connectivity index (χ1n) is 11.0. The number of amides is 3. The molecule has 0 radical (unpaired) electrons. The van der Waals surface area contributed by atoms with E-state index in [2.05, 4.69) is 10.6 Å². The first-order chi connectivity index (χ1) is 13.4. The van der Waals surface area contributed by atoms with Crippen LogP contribution in [0.3, 0.4) is 0 Å². The molecule has 1 heterocycles. The van der Waals surface area contributed by atoms with E-state index in [9.17, 15) is 14.4 Å². The highest BCUT2D eigenvalue weighted by Gasteiger charge is 2.51. The Morgan fingerprint density at radius 3 is 2.11 bits per heavy atom. The predicted octanol–water partition coefficient (Wildman–Crippen LogP) is 2.06. The van der Waals surface area contributed by atoms with Crippen LogP contribution >= 0.6 is 0 Å². The summed E-state index contributed by atoms with van der Waals surface area (Å²) in [6.07, 6.45) is 8.58. The van der Waals surface area contributed by atoms with E-state index in [1.165, 1.54) is 19.3 Å². The van der Waals surface area contributed by atoms with E-state index in [0.29, 0.717) is 32.5 Å². The molecule has 4 bridgehead atoms. The van der Waals surface area contributed by atoms with Gasteiger partial charge in [0.1, 0.15) is 0 Å². The van der Waals surface area contributed by atoms with Crippen LogP contribution in [0.2, 0.25) is 0 Å². The minimum absolute atomic E-state index is 0.0707. The molecule has 4 saturated carbocycles. The lowest BCUT2D eigenvalue weighted by Crippen LogP contribution is -2.62. The van der Waals surface area contributed by atoms with Crippen molar-refractivity contribution in [2.24, 2.45) is 23.7 Å². The molecule has 7 heteroatoms. The number of piperidine rings is 1. The molecule has 5 aliphatic rings. The number of urea groups is 1. The third-order valence-corrected chi connectivity index (χ3v) is 7.24. The maximum atomic E-state index is 12.5. The normalized spacial score (nSPS) is 34.8. The van der Waals surface area contributed by atoms with Crippen molar-refractivity contribution in [3.63, 3.8) is 0 Å². The summed E-state index contributed by atoms with van der Waals surface area (Å²) < 4.78 is 5.08. The average molecular weight is 392 g/mol. The Bertz CT molecular complexity index is 592. The number of hydrogen-bond acceptors (Lipinski definition) is 5. The topological polar surface area (TPSA) is 87.7 Å². The number of rotatable bonds is 5. The highest BCUT2D eigenvalue weighted by Crippen LogP contribution is 2.55. The van der Waals surface area contributed by atoms with Gasteiger partial charge in [0.05, 0.1) is 19.1 Å². The summed E-state index contributed by atoms with van der Waals surface area (Å²) in [5.74, 6) is 1.78. The Kier molecular flexibility index (Phi) is 5.63. The van der Waals surface area contributed by atoms with Gasteiger partial charge in [0.2, 0.25) is 5.91 Å². The van der Waals surface area contributed by atoms with Crippen molar-refractivity contribution in [2.45, 2.75) is 63.8 Å². The minimum Gasteiger partial charge on any atom is -0.466 e. The second kappa shape index (κ2) is 8.01. The monoisotopic (exact) mass is 391 g/mol. The molecule has 4 aliphatic carbocycles. The third-order valence-electron chi connectivity index (χ3n) is 7.24. The Labute approximate surface area is 166 Å². The molecule has 0 unspecified atom stereocenters. The fourth-order valence-corrected chi connectivity index (χ4v) is 6.49. The molecule has 0 aromatic rings. The van der Waals surface area contributed by atoms with Gasteiger partial charge >= 0.3 is 12.0 Å². The summed E-state index contributed by atoms with van der Waals surface area (Å²) in [6, 6.07) is -0.339. The molecule has 5 fully saturated rings. The van der Waals surface area contributed by atoms with E-state index < -0.39 is 0 Å². The van der Waals surface area contributed by atoms with Gasteiger partial charge in [-0.05, 0) is 89.1 Å². The summed E-state index contributed by atoms with van der Waals surface area (Å²) in [7, 11) is 0. The Hall–Kier alpha value is -1.63. The quantitative estimate of drug-likeness (QED) is 0.701. The van der Waals surface area contributed by atoms with Crippen LogP contribution in [0.1, 0.15) is 58.3 Å². The van der Waals surface area contributed by atoms with Gasteiger partial charge in [-0.15, -0.1) is 0 Å². The van der Waals surface area contributed by atoms with E-state index in [4.69, 9.17) is 4.74 Å². The van der Waals surface area contributed by atoms with Crippen LogP contribution in [0.15, 0.2) is 0 Å². The number of imide groups is 1. The molecule has 0 atom stereocenters. The number of nitrogens with zero attached hydrogens (tertiary/aromatic N) is 1. The molecular weight excluding hydrogens is 358 g/mol. The summed E-state index contributed by atoms with van der Waals surface area (Å²) in [5.41, 5.74) is -0.0862. The first kappa shape index (κ1) is 19.7. The van der Waals surface area contributed by atoms with Crippen molar-refractivity contribution in [3.8, 4) is 0 Å². The van der Waals surface area contributed by atoms with Crippen molar-refractivity contribution >= 4 is 17.9 Å². The molecule has 7 nitrogen and oxygen atoms in total. The van der Waals surface area contributed by atoms with Crippen LogP contribution in [-0.2, 0) is 14.3 Å². The molecule has 1 aliphatic heterocycles. The molecule has 28 heavy (non-hydrogen) atoms. The number of esters is 1. The van der Waals surface area contributed by atoms with Gasteiger partial charge in [-0.3, -0.25) is 19.8 Å². The van der Waals surface area contributed by atoms with Crippen molar-refractivity contribution in [3.05, 3.63) is 0 Å². The summed E-state index contributed by atoms with van der Waals surface area (Å²) in [6.45, 7) is 3.76. The number of ether oxygens (including phenoxy) is 1. The lowest BCUT2D eigenvalue weighted by atomic mass is 9.53. The van der Waals surface area contributed by atoms with Crippen LogP contribution in [-0.4, -0.2) is 54.6 Å². The lowest BCUT2D eigenvalue weighted by Gasteiger charge is -2.56. The molecular formula is C21H33N3O4. The maximum absolute atomic E-state index is 12.5. The molecule has 3 amide bonds. The highest BCUT2D eigenvalue weighted by atomic mass is 16.5. The van der Waals surface area contributed by atoms with E-state index in [0.717, 1.165) is 37.0 Å². The van der Waals surface area contributed by atoms with Crippen LogP contribution < -0.4 is 10.6 Å². The Morgan fingerprint density at radius 1 is 1.00 bits per heavy atom. The lowest BCUT2D eigenvalue weighted by molar-refractivity contribution is -0.149. The van der Waals surface area contributed by atoms with E-state index in [1.807, 2.05) is 11.8 Å². The number of carbonyl (C=O) groups is 3. The molecule has 156 valence electrons. The number of nitrogens with one attached hydrogen (secondary N) is 2. The van der Waals surface area contributed by atoms with Crippen molar-refractivity contribution in [1.82, 2.24) is 15.5 Å².